The molecule has 0 unspecified atom stereocenters. The van der Waals surface area contributed by atoms with E-state index in [-0.39, 0.29) is 60.9 Å². The Labute approximate surface area is 762 Å². The van der Waals surface area contributed by atoms with Crippen molar-refractivity contribution >= 4 is 101 Å². The molecule has 4 nitrogen and oxygen atoms in total. The Bertz CT molecular complexity index is 6420. The predicted octanol–water partition coefficient (Wildman–Crippen LogP) is 32.9. The van der Waals surface area contributed by atoms with E-state index in [0.29, 0.717) is 0 Å². The lowest BCUT2D eigenvalue weighted by Crippen LogP contribution is -2.61. The van der Waals surface area contributed by atoms with Crippen LogP contribution in [0.15, 0.2) is 243 Å². The number of aromatic nitrogens is 2. The second kappa shape index (κ2) is 29.9. The van der Waals surface area contributed by atoms with E-state index in [9.17, 15) is 0 Å². The van der Waals surface area contributed by atoms with E-state index in [1.54, 1.807) is 0 Å². The molecule has 17 rings (SSSR count). The summed E-state index contributed by atoms with van der Waals surface area (Å²) in [6.07, 6.45) is 0. The quantitative estimate of drug-likeness (QED) is 0.141. The molecule has 0 aliphatic carbocycles. The highest BCUT2D eigenvalue weighted by atomic mass is 15.2. The Morgan fingerprint density at radius 3 is 0.772 bits per heavy atom. The van der Waals surface area contributed by atoms with E-state index in [1.807, 2.05) is 0 Å². The molecular formula is C122H139BN4. The van der Waals surface area contributed by atoms with E-state index < -0.39 is 5.41 Å². The van der Waals surface area contributed by atoms with Crippen molar-refractivity contribution in [2.24, 2.45) is 0 Å². The van der Waals surface area contributed by atoms with Gasteiger partial charge in [0.1, 0.15) is 0 Å². The van der Waals surface area contributed by atoms with E-state index >= 15 is 0 Å². The van der Waals surface area contributed by atoms with E-state index in [0.717, 1.165) is 34.1 Å². The lowest BCUT2D eigenvalue weighted by Gasteiger charge is -2.46. The van der Waals surface area contributed by atoms with Crippen molar-refractivity contribution in [2.45, 2.75) is 288 Å². The van der Waals surface area contributed by atoms with Crippen LogP contribution in [-0.4, -0.2) is 15.8 Å². The second-order valence-corrected chi connectivity index (χ2v) is 48.8. The smallest absolute Gasteiger partial charge is 0.252 e. The van der Waals surface area contributed by atoms with Crippen LogP contribution in [0.1, 0.15) is 290 Å². The van der Waals surface area contributed by atoms with Crippen LogP contribution in [-0.2, 0) is 59.6 Å². The van der Waals surface area contributed by atoms with Gasteiger partial charge in [-0.25, -0.2) is 0 Å². The third-order valence-electron chi connectivity index (χ3n) is 27.8. The summed E-state index contributed by atoms with van der Waals surface area (Å²) in [5.41, 5.74) is 39.8. The monoisotopic (exact) mass is 1670 g/mol. The molecule has 5 heteroatoms. The second-order valence-electron chi connectivity index (χ2n) is 48.8. The van der Waals surface area contributed by atoms with Crippen LogP contribution >= 0.6 is 0 Å². The maximum atomic E-state index is 2.83. The van der Waals surface area contributed by atoms with Crippen molar-refractivity contribution in [3.05, 3.63) is 304 Å². The maximum absolute atomic E-state index is 2.83. The molecule has 15 aromatic rings. The zero-order valence-electron chi connectivity index (χ0n) is 83.0. The standard InChI is InChI=1S/C122H139BN4/c1-112(2,3)76-56-64-99-85(68-76)81-42-34-36-52-97(81)124(99)79-58-62-95-103(72-79)126(101-66-74(107-87(115(10,11)12)44-38-45-88(107)116(13,14)15)54-60-83(101)109-91(119(22,23)24)48-40-49-92(109)120(25,26)27)105-70-78(114(7,8)9)71-106-111(105)123(95)96-63-59-80(125-98-53-37-35-43-82(98)86-69-77(113(4,5)6)57-65-100(86)125)73-104(96)127(106)102-67-75(108-89(117(16,17)18)46-39-47-90(108)118(19,20)21)55-61-84(102)110-93(121(28,29)30)50-41-51-94(110)122(31,32)33/h34-73H,1-33H3. The van der Waals surface area contributed by atoms with Gasteiger partial charge in [0.15, 0.2) is 0 Å². The number of hydrogen-bond acceptors (Lipinski definition) is 2. The number of anilines is 6. The molecule has 0 fully saturated rings. The first-order valence-electron chi connectivity index (χ1n) is 47.0. The summed E-state index contributed by atoms with van der Waals surface area (Å²) in [4.78, 5) is 5.66. The van der Waals surface area contributed by atoms with Gasteiger partial charge in [0.25, 0.3) is 6.71 Å². The number of benzene rings is 13. The summed E-state index contributed by atoms with van der Waals surface area (Å²) >= 11 is 0. The van der Waals surface area contributed by atoms with Crippen LogP contribution in [0.3, 0.4) is 0 Å². The van der Waals surface area contributed by atoms with Crippen molar-refractivity contribution in [2.75, 3.05) is 9.80 Å². The van der Waals surface area contributed by atoms with Gasteiger partial charge in [0.2, 0.25) is 0 Å². The van der Waals surface area contributed by atoms with Gasteiger partial charge in [-0.2, -0.15) is 0 Å². The molecule has 650 valence electrons. The van der Waals surface area contributed by atoms with Crippen LogP contribution in [0.25, 0.3) is 99.5 Å². The Balaban J connectivity index is 1.12. The van der Waals surface area contributed by atoms with Gasteiger partial charge in [-0.3, -0.25) is 0 Å². The average molecular weight is 1670 g/mol. The maximum Gasteiger partial charge on any atom is 0.252 e. The molecule has 0 radical (unpaired) electrons. The minimum absolute atomic E-state index is 0.0655. The number of nitrogens with zero attached hydrogens (tertiary/aromatic N) is 4. The number of para-hydroxylation sites is 2. The minimum atomic E-state index is -0.390. The predicted molar refractivity (Wildman–Crippen MR) is 557 cm³/mol. The average Bonchev–Trinajstić information content (AvgIpc) is 0.840. The molecule has 2 aliphatic heterocycles. The first-order chi connectivity index (χ1) is 59.0. The zero-order valence-corrected chi connectivity index (χ0v) is 83.0. The third-order valence-corrected chi connectivity index (χ3v) is 27.8. The molecule has 0 saturated heterocycles. The van der Waals surface area contributed by atoms with Crippen LogP contribution in [0.2, 0.25) is 0 Å². The lowest BCUT2D eigenvalue weighted by atomic mass is 9.33. The van der Waals surface area contributed by atoms with Crippen LogP contribution < -0.4 is 26.2 Å². The van der Waals surface area contributed by atoms with Gasteiger partial charge in [0, 0.05) is 66.8 Å². The fourth-order valence-corrected chi connectivity index (χ4v) is 21.2. The molecule has 0 amide bonds. The molecule has 0 saturated carbocycles. The Morgan fingerprint density at radius 1 is 0.197 bits per heavy atom. The van der Waals surface area contributed by atoms with Crippen molar-refractivity contribution in [3.63, 3.8) is 0 Å². The van der Waals surface area contributed by atoms with Gasteiger partial charge in [-0.15, -0.1) is 0 Å². The molecule has 0 atom stereocenters. The van der Waals surface area contributed by atoms with Crippen molar-refractivity contribution in [1.82, 2.24) is 9.13 Å². The van der Waals surface area contributed by atoms with Gasteiger partial charge < -0.3 is 18.9 Å². The zero-order chi connectivity index (χ0) is 91.6. The van der Waals surface area contributed by atoms with Gasteiger partial charge in [0.05, 0.1) is 33.4 Å². The summed E-state index contributed by atoms with van der Waals surface area (Å²) in [6.45, 7) is 79.1. The van der Waals surface area contributed by atoms with Crippen molar-refractivity contribution < 1.29 is 0 Å². The van der Waals surface area contributed by atoms with Crippen molar-refractivity contribution in [3.8, 4) is 55.9 Å². The Hall–Kier alpha value is -10.9. The molecule has 4 heterocycles. The summed E-state index contributed by atoms with van der Waals surface area (Å²) < 4.78 is 5.16. The largest absolute Gasteiger partial charge is 0.311 e. The van der Waals surface area contributed by atoms with E-state index in [1.165, 1.54) is 177 Å². The molecule has 0 spiro atoms. The fourth-order valence-electron chi connectivity index (χ4n) is 21.2. The van der Waals surface area contributed by atoms with E-state index in [4.69, 9.17) is 0 Å². The fraction of sp³-hybridized carbons (Fsp3) is 0.361. The lowest BCUT2D eigenvalue weighted by molar-refractivity contribution is 0.571. The normalized spacial score (nSPS) is 14.0. The third kappa shape index (κ3) is 15.2. The van der Waals surface area contributed by atoms with Gasteiger partial charge in [-0.1, -0.05) is 386 Å². The van der Waals surface area contributed by atoms with Crippen LogP contribution in [0.4, 0.5) is 34.1 Å². The molecule has 2 aromatic heterocycles. The number of hydrogen-bond donors (Lipinski definition) is 0. The molecule has 0 bridgehead atoms. The Kier molecular flexibility index (Phi) is 20.7. The molecule has 127 heavy (non-hydrogen) atoms. The number of rotatable bonds is 8. The van der Waals surface area contributed by atoms with Gasteiger partial charge >= 0.3 is 0 Å². The summed E-state index contributed by atoms with van der Waals surface area (Å²) in [6, 6.07) is 97.7. The number of fused-ring (bicyclic) bond motifs is 10. The minimum Gasteiger partial charge on any atom is -0.311 e. The topological polar surface area (TPSA) is 16.3 Å². The molecular weight excluding hydrogens is 1530 g/mol. The first-order valence-corrected chi connectivity index (χ1v) is 47.0. The Morgan fingerprint density at radius 2 is 0.480 bits per heavy atom. The van der Waals surface area contributed by atoms with Crippen molar-refractivity contribution in [1.29, 1.82) is 0 Å². The summed E-state index contributed by atoms with van der Waals surface area (Å²) in [5, 5.41) is 5.00. The molecule has 2 aliphatic rings. The molecule has 13 aromatic carbocycles. The van der Waals surface area contributed by atoms with Crippen LogP contribution in [0, 0.1) is 0 Å². The summed E-state index contributed by atoms with van der Waals surface area (Å²) in [5.74, 6) is 0. The highest BCUT2D eigenvalue weighted by Crippen LogP contribution is 2.57. The van der Waals surface area contributed by atoms with E-state index in [2.05, 4.69) is 490 Å². The van der Waals surface area contributed by atoms with Crippen LogP contribution in [0.5, 0.6) is 0 Å². The van der Waals surface area contributed by atoms with Gasteiger partial charge in [-0.05, 0) is 255 Å². The summed E-state index contributed by atoms with van der Waals surface area (Å²) in [7, 11) is 0. The first kappa shape index (κ1) is 88.2. The highest BCUT2D eigenvalue weighted by molar-refractivity contribution is 7.00. The molecule has 0 N–H and O–H groups in total. The SMILES string of the molecule is CC(C)(C)c1cc2c3c(c1)N(c1cc(-c4c(C(C)(C)C)cccc4C(C)(C)C)ccc1-c1c(C(C)(C)C)cccc1C(C)(C)C)c1cc(-n4c5ccccc5c5cc(C(C)(C)C)ccc54)ccc1B3c1ccc(-n3c4ccccc4c4cc(C(C)(C)C)ccc43)cc1N2c1cc(-c2c(C(C)(C)C)cccc2C(C)(C)C)ccc1-c1c(C(C)(C)C)cccc1C(C)(C)C. The highest BCUT2D eigenvalue weighted by Gasteiger charge is 2.47.